The van der Waals surface area contributed by atoms with Gasteiger partial charge in [-0.15, -0.1) is 0 Å². The van der Waals surface area contributed by atoms with Gasteiger partial charge in [-0.25, -0.2) is 4.79 Å². The summed E-state index contributed by atoms with van der Waals surface area (Å²) in [5.41, 5.74) is 2.42. The van der Waals surface area contributed by atoms with Gasteiger partial charge in [-0.2, -0.15) is 0 Å². The molecule has 3 N–H and O–H groups in total. The van der Waals surface area contributed by atoms with Crippen molar-refractivity contribution in [1.82, 2.24) is 15.6 Å². The van der Waals surface area contributed by atoms with Crippen molar-refractivity contribution < 1.29 is 19.1 Å². The number of ketones is 1. The van der Waals surface area contributed by atoms with E-state index in [9.17, 15) is 14.4 Å². The standard InChI is InChI=1S/C19H31N3O4/c1-7-15-16(13(6)23)12(5)21-17(15)18(24)20-10-14(9-11(3)4)22-19(25)26-8-2/h11,14,21H,7-10H2,1-6H3,(H,20,24)(H,22,25). The number of carbonyl (C=O) groups excluding carboxylic acids is 3. The molecule has 2 amide bonds. The molecule has 146 valence electrons. The van der Waals surface area contributed by atoms with Crippen molar-refractivity contribution in [2.45, 2.75) is 60.4 Å². The van der Waals surface area contributed by atoms with E-state index in [-0.39, 0.29) is 24.3 Å². The van der Waals surface area contributed by atoms with Gasteiger partial charge in [0.15, 0.2) is 5.78 Å². The molecular weight excluding hydrogens is 334 g/mol. The largest absolute Gasteiger partial charge is 0.450 e. The summed E-state index contributed by atoms with van der Waals surface area (Å²) in [6, 6.07) is -0.230. The lowest BCUT2D eigenvalue weighted by molar-refractivity contribution is 0.0939. The fraction of sp³-hybridized carbons (Fsp3) is 0.632. The van der Waals surface area contributed by atoms with E-state index in [1.165, 1.54) is 6.92 Å². The first-order valence-electron chi connectivity index (χ1n) is 9.14. The number of hydrogen-bond acceptors (Lipinski definition) is 4. The van der Waals surface area contributed by atoms with Crippen LogP contribution in [0, 0.1) is 12.8 Å². The molecule has 0 aliphatic rings. The van der Waals surface area contributed by atoms with Crippen LogP contribution in [0.5, 0.6) is 0 Å². The predicted molar refractivity (Wildman–Crippen MR) is 101 cm³/mol. The lowest BCUT2D eigenvalue weighted by Crippen LogP contribution is -2.44. The smallest absolute Gasteiger partial charge is 0.407 e. The number of nitrogens with one attached hydrogen (secondary N) is 3. The zero-order valence-electron chi connectivity index (χ0n) is 16.6. The van der Waals surface area contributed by atoms with Crippen LogP contribution in [0.4, 0.5) is 4.79 Å². The number of Topliss-reactive ketones (excluding diaryl/α,β-unsaturated/α-hetero) is 1. The maximum atomic E-state index is 12.6. The van der Waals surface area contributed by atoms with Crippen molar-refractivity contribution in [2.24, 2.45) is 5.92 Å². The Kier molecular flexibility index (Phi) is 8.35. The third-order valence-electron chi connectivity index (χ3n) is 4.09. The van der Waals surface area contributed by atoms with Crippen LogP contribution >= 0.6 is 0 Å². The van der Waals surface area contributed by atoms with Crippen molar-refractivity contribution in [3.05, 3.63) is 22.5 Å². The van der Waals surface area contributed by atoms with Crippen LogP contribution in [-0.2, 0) is 11.2 Å². The first-order chi connectivity index (χ1) is 12.2. The second kappa shape index (κ2) is 9.99. The van der Waals surface area contributed by atoms with Gasteiger partial charge >= 0.3 is 6.09 Å². The van der Waals surface area contributed by atoms with E-state index >= 15 is 0 Å². The number of alkyl carbamates (subject to hydrolysis) is 1. The number of ether oxygens (including phenoxy) is 1. The maximum Gasteiger partial charge on any atom is 0.407 e. The van der Waals surface area contributed by atoms with E-state index in [0.717, 1.165) is 5.56 Å². The molecule has 1 unspecified atom stereocenters. The van der Waals surface area contributed by atoms with E-state index < -0.39 is 6.09 Å². The molecule has 26 heavy (non-hydrogen) atoms. The van der Waals surface area contributed by atoms with Gasteiger partial charge in [0.25, 0.3) is 5.91 Å². The Morgan fingerprint density at radius 2 is 1.85 bits per heavy atom. The number of aryl methyl sites for hydroxylation is 1. The molecular formula is C19H31N3O4. The maximum absolute atomic E-state index is 12.6. The molecule has 1 aromatic rings. The Balaban J connectivity index is 2.86. The number of aromatic nitrogens is 1. The average molecular weight is 365 g/mol. The van der Waals surface area contributed by atoms with Crippen molar-refractivity contribution in [3.63, 3.8) is 0 Å². The summed E-state index contributed by atoms with van der Waals surface area (Å²) in [5, 5.41) is 5.63. The molecule has 0 radical (unpaired) electrons. The Morgan fingerprint density at radius 1 is 1.19 bits per heavy atom. The summed E-state index contributed by atoms with van der Waals surface area (Å²) in [5.74, 6) is 0.00950. The van der Waals surface area contributed by atoms with E-state index in [0.29, 0.717) is 42.3 Å². The number of aromatic amines is 1. The molecule has 0 aromatic carbocycles. The molecule has 1 rings (SSSR count). The quantitative estimate of drug-likeness (QED) is 0.586. The lowest BCUT2D eigenvalue weighted by Gasteiger charge is -2.20. The first-order valence-corrected chi connectivity index (χ1v) is 9.14. The zero-order chi connectivity index (χ0) is 19.9. The minimum Gasteiger partial charge on any atom is -0.450 e. The van der Waals surface area contributed by atoms with Gasteiger partial charge in [0, 0.05) is 23.8 Å². The van der Waals surface area contributed by atoms with Crippen LogP contribution in [0.15, 0.2) is 0 Å². The number of carbonyl (C=O) groups is 3. The van der Waals surface area contributed by atoms with Gasteiger partial charge in [0.05, 0.1) is 6.61 Å². The summed E-state index contributed by atoms with van der Waals surface area (Å²) >= 11 is 0. The minimum absolute atomic E-state index is 0.0590. The SMILES string of the molecule is CCOC(=O)NC(CNC(=O)c1[nH]c(C)c(C(C)=O)c1CC)CC(C)C. The summed E-state index contributed by atoms with van der Waals surface area (Å²) in [4.78, 5) is 39.2. The Labute approximate surface area is 155 Å². The second-order valence-corrected chi connectivity index (χ2v) is 6.79. The van der Waals surface area contributed by atoms with Gasteiger partial charge in [-0.05, 0) is 45.1 Å². The van der Waals surface area contributed by atoms with Crippen molar-refractivity contribution in [2.75, 3.05) is 13.2 Å². The van der Waals surface area contributed by atoms with Crippen LogP contribution < -0.4 is 10.6 Å². The summed E-state index contributed by atoms with van der Waals surface area (Å²) in [7, 11) is 0. The third-order valence-corrected chi connectivity index (χ3v) is 4.09. The predicted octanol–water partition coefficient (Wildman–Crippen LogP) is 2.98. The highest BCUT2D eigenvalue weighted by atomic mass is 16.5. The summed E-state index contributed by atoms with van der Waals surface area (Å²) < 4.78 is 4.92. The summed E-state index contributed by atoms with van der Waals surface area (Å²) in [6.45, 7) is 11.6. The van der Waals surface area contributed by atoms with Gasteiger partial charge in [-0.3, -0.25) is 9.59 Å². The molecule has 0 aliphatic heterocycles. The number of rotatable bonds is 9. The second-order valence-electron chi connectivity index (χ2n) is 6.79. The Morgan fingerprint density at radius 3 is 2.35 bits per heavy atom. The fourth-order valence-corrected chi connectivity index (χ4v) is 3.11. The lowest BCUT2D eigenvalue weighted by atomic mass is 10.0. The topological polar surface area (TPSA) is 100 Å². The number of amides is 2. The molecule has 0 bridgehead atoms. The highest BCUT2D eigenvalue weighted by Gasteiger charge is 2.22. The molecule has 0 saturated carbocycles. The molecule has 0 spiro atoms. The number of hydrogen-bond donors (Lipinski definition) is 3. The van der Waals surface area contributed by atoms with E-state index in [2.05, 4.69) is 15.6 Å². The molecule has 7 heteroatoms. The van der Waals surface area contributed by atoms with Gasteiger partial charge in [0.1, 0.15) is 5.69 Å². The molecule has 1 heterocycles. The van der Waals surface area contributed by atoms with E-state index in [1.807, 2.05) is 20.8 Å². The monoisotopic (exact) mass is 365 g/mol. The van der Waals surface area contributed by atoms with E-state index in [1.54, 1.807) is 13.8 Å². The Hall–Kier alpha value is -2.31. The summed E-state index contributed by atoms with van der Waals surface area (Å²) in [6.07, 6.45) is 0.803. The Bertz CT molecular complexity index is 649. The van der Waals surface area contributed by atoms with Crippen LogP contribution in [0.2, 0.25) is 0 Å². The van der Waals surface area contributed by atoms with E-state index in [4.69, 9.17) is 4.74 Å². The van der Waals surface area contributed by atoms with Gasteiger partial charge in [-0.1, -0.05) is 20.8 Å². The molecule has 7 nitrogen and oxygen atoms in total. The third kappa shape index (κ3) is 5.89. The van der Waals surface area contributed by atoms with Gasteiger partial charge < -0.3 is 20.4 Å². The first kappa shape index (κ1) is 21.7. The highest BCUT2D eigenvalue weighted by Crippen LogP contribution is 2.20. The number of H-pyrrole nitrogens is 1. The molecule has 0 saturated heterocycles. The van der Waals surface area contributed by atoms with Crippen molar-refractivity contribution in [3.8, 4) is 0 Å². The molecule has 1 aromatic heterocycles. The van der Waals surface area contributed by atoms with Gasteiger partial charge in [0.2, 0.25) is 0 Å². The zero-order valence-corrected chi connectivity index (χ0v) is 16.6. The highest BCUT2D eigenvalue weighted by molar-refractivity contribution is 6.02. The molecule has 0 fully saturated rings. The molecule has 1 atom stereocenters. The van der Waals surface area contributed by atoms with Crippen LogP contribution in [0.3, 0.4) is 0 Å². The minimum atomic E-state index is -0.490. The normalized spacial score (nSPS) is 12.0. The fourth-order valence-electron chi connectivity index (χ4n) is 3.11. The van der Waals surface area contributed by atoms with Crippen LogP contribution in [-0.4, -0.2) is 42.0 Å². The average Bonchev–Trinajstić information content (AvgIpc) is 2.88. The van der Waals surface area contributed by atoms with Crippen molar-refractivity contribution >= 4 is 17.8 Å². The van der Waals surface area contributed by atoms with Crippen molar-refractivity contribution in [1.29, 1.82) is 0 Å². The van der Waals surface area contributed by atoms with Crippen LogP contribution in [0.25, 0.3) is 0 Å². The molecule has 0 aliphatic carbocycles. The van der Waals surface area contributed by atoms with Crippen LogP contribution in [0.1, 0.15) is 73.1 Å².